The number of piperazine rings is 1. The van der Waals surface area contributed by atoms with Gasteiger partial charge in [-0.3, -0.25) is 5.01 Å². The first kappa shape index (κ1) is 19.3. The van der Waals surface area contributed by atoms with Gasteiger partial charge in [0.05, 0.1) is 46.0 Å². The van der Waals surface area contributed by atoms with Crippen LogP contribution in [-0.4, -0.2) is 62.1 Å². The molecule has 29 heavy (non-hydrogen) atoms. The Balaban J connectivity index is 1.92. The second-order valence-corrected chi connectivity index (χ2v) is 7.42. The minimum absolute atomic E-state index is 0.0861. The lowest BCUT2D eigenvalue weighted by atomic mass is 9.98. The number of phenols is 1. The molecule has 2 aromatic carbocycles. The quantitative estimate of drug-likeness (QED) is 0.521. The molecule has 0 spiro atoms. The van der Waals surface area contributed by atoms with Gasteiger partial charge in [0.2, 0.25) is 0 Å². The molecule has 4 rings (SSSR count). The van der Waals surface area contributed by atoms with Gasteiger partial charge in [0, 0.05) is 21.7 Å². The molecule has 152 valence electrons. The maximum atomic E-state index is 12.7. The number of fused-ring (bicyclic) bond motifs is 3. The maximum Gasteiger partial charge on any atom is 0.342 e. The Hall–Kier alpha value is -3.06. The Kier molecular flexibility index (Phi) is 5.15. The van der Waals surface area contributed by atoms with E-state index in [-0.39, 0.29) is 12.4 Å². The van der Waals surface area contributed by atoms with Crippen molar-refractivity contribution < 1.29 is 24.0 Å². The summed E-state index contributed by atoms with van der Waals surface area (Å²) in [4.78, 5) is 14.1. The second-order valence-electron chi connectivity index (χ2n) is 7.42. The number of ether oxygens (including phenoxy) is 1. The normalized spacial score (nSPS) is 15.6. The van der Waals surface area contributed by atoms with Crippen molar-refractivity contribution in [3.05, 3.63) is 41.2 Å². The summed E-state index contributed by atoms with van der Waals surface area (Å²) in [5.74, 6) is 0.0891. The van der Waals surface area contributed by atoms with Crippen LogP contribution in [0.2, 0.25) is 0 Å². The highest BCUT2D eigenvalue weighted by Gasteiger charge is 2.26. The number of furan rings is 1. The topological polar surface area (TPSA) is 79.7 Å². The number of esters is 1. The molecule has 1 aliphatic rings. The average Bonchev–Trinajstić information content (AvgIpc) is 3.06. The minimum Gasteiger partial charge on any atom is -0.507 e. The zero-order valence-electron chi connectivity index (χ0n) is 17.0. The van der Waals surface area contributed by atoms with Crippen molar-refractivity contribution in [2.75, 3.05) is 39.8 Å². The van der Waals surface area contributed by atoms with Gasteiger partial charge in [-0.1, -0.05) is 24.3 Å². The van der Waals surface area contributed by atoms with E-state index in [0.717, 1.165) is 31.6 Å². The van der Waals surface area contributed by atoms with E-state index in [1.807, 2.05) is 29.3 Å². The first-order valence-corrected chi connectivity index (χ1v) is 9.95. The number of hydrazone groups is 1. The molecule has 1 fully saturated rings. The van der Waals surface area contributed by atoms with Gasteiger partial charge in [-0.15, -0.1) is 0 Å². The van der Waals surface area contributed by atoms with E-state index in [1.165, 1.54) is 4.90 Å². The summed E-state index contributed by atoms with van der Waals surface area (Å²) in [6, 6.07) is 7.45. The molecule has 0 atom stereocenters. The number of likely N-dealkylation sites (N-methyl/N-ethyl adjacent to an activating group) is 1. The Morgan fingerprint density at radius 2 is 2.00 bits per heavy atom. The third-order valence-corrected chi connectivity index (χ3v) is 5.46. The first-order valence-electron chi connectivity index (χ1n) is 9.95. The molecule has 2 N–H and O–H groups in total. The summed E-state index contributed by atoms with van der Waals surface area (Å²) in [6.45, 7) is 7.47. The highest BCUT2D eigenvalue weighted by molar-refractivity contribution is 6.21. The largest absolute Gasteiger partial charge is 0.507 e. The maximum absolute atomic E-state index is 12.7. The number of aryl methyl sites for hydroxylation is 1. The van der Waals surface area contributed by atoms with Crippen LogP contribution in [0.25, 0.3) is 21.7 Å². The van der Waals surface area contributed by atoms with Crippen LogP contribution >= 0.6 is 0 Å². The van der Waals surface area contributed by atoms with Crippen LogP contribution in [0, 0.1) is 6.92 Å². The van der Waals surface area contributed by atoms with Gasteiger partial charge in [-0.25, -0.2) is 4.79 Å². The number of quaternary nitrogens is 1. The third kappa shape index (κ3) is 3.42. The van der Waals surface area contributed by atoms with E-state index in [1.54, 1.807) is 20.1 Å². The molecule has 0 saturated carbocycles. The molecule has 1 aliphatic heterocycles. The van der Waals surface area contributed by atoms with E-state index in [0.29, 0.717) is 33.2 Å². The summed E-state index contributed by atoms with van der Waals surface area (Å²) >= 11 is 0. The van der Waals surface area contributed by atoms with Crippen molar-refractivity contribution in [3.8, 4) is 5.75 Å². The Morgan fingerprint density at radius 1 is 1.31 bits per heavy atom. The fraction of sp³-hybridized carbons (Fsp3) is 0.364. The second kappa shape index (κ2) is 7.75. The number of nitrogens with one attached hydrogen (secondary N) is 1. The summed E-state index contributed by atoms with van der Waals surface area (Å²) in [7, 11) is 2.17. The van der Waals surface area contributed by atoms with Crippen LogP contribution in [0.5, 0.6) is 5.75 Å². The molecule has 3 aromatic rings. The SMILES string of the molecule is CCOC(=O)c1c(C)oc2c1c(C=NN1CC[NH+](C)CC1)c(O)c1ccccc12. The molecular weight excluding hydrogens is 370 g/mol. The number of benzene rings is 2. The molecule has 0 bridgehead atoms. The number of phenolic OH excluding ortho intramolecular Hbond substituents is 1. The Morgan fingerprint density at radius 3 is 2.69 bits per heavy atom. The average molecular weight is 396 g/mol. The highest BCUT2D eigenvalue weighted by atomic mass is 16.5. The molecule has 1 aromatic heterocycles. The number of carbonyl (C=O) groups is 1. The van der Waals surface area contributed by atoms with Gasteiger partial charge in [0.15, 0.2) is 0 Å². The molecule has 1 saturated heterocycles. The fourth-order valence-electron chi connectivity index (χ4n) is 3.85. The van der Waals surface area contributed by atoms with Gasteiger partial charge in [0.1, 0.15) is 22.7 Å². The minimum atomic E-state index is -0.462. The van der Waals surface area contributed by atoms with Crippen molar-refractivity contribution in [2.24, 2.45) is 5.10 Å². The van der Waals surface area contributed by atoms with Crippen LogP contribution in [0.1, 0.15) is 28.6 Å². The smallest absolute Gasteiger partial charge is 0.342 e. The molecule has 0 amide bonds. The predicted octanol–water partition coefficient (Wildman–Crippen LogP) is 1.94. The number of rotatable bonds is 4. The molecule has 0 unspecified atom stereocenters. The van der Waals surface area contributed by atoms with E-state index < -0.39 is 5.97 Å². The van der Waals surface area contributed by atoms with Gasteiger partial charge < -0.3 is 19.2 Å². The van der Waals surface area contributed by atoms with Crippen molar-refractivity contribution in [2.45, 2.75) is 13.8 Å². The molecule has 0 radical (unpaired) electrons. The lowest BCUT2D eigenvalue weighted by molar-refractivity contribution is -0.884. The number of nitrogens with zero attached hydrogens (tertiary/aromatic N) is 2. The van der Waals surface area contributed by atoms with Crippen LogP contribution < -0.4 is 4.90 Å². The summed E-state index contributed by atoms with van der Waals surface area (Å²) in [6.07, 6.45) is 1.64. The number of hydrogen-bond acceptors (Lipinski definition) is 6. The summed E-state index contributed by atoms with van der Waals surface area (Å²) < 4.78 is 11.2. The third-order valence-electron chi connectivity index (χ3n) is 5.46. The van der Waals surface area contributed by atoms with Crippen LogP contribution in [-0.2, 0) is 4.74 Å². The number of hydrogen-bond donors (Lipinski definition) is 2. The zero-order valence-corrected chi connectivity index (χ0v) is 17.0. The first-order chi connectivity index (χ1) is 14.0. The lowest BCUT2D eigenvalue weighted by Gasteiger charge is -2.27. The van der Waals surface area contributed by atoms with Crippen molar-refractivity contribution in [1.82, 2.24) is 5.01 Å². The molecular formula is C22H26N3O4+. The van der Waals surface area contributed by atoms with Gasteiger partial charge in [-0.2, -0.15) is 5.10 Å². The summed E-state index contributed by atoms with van der Waals surface area (Å²) in [5, 5.41) is 19.6. The number of carbonyl (C=O) groups excluding carboxylic acids is 1. The van der Waals surface area contributed by atoms with Gasteiger partial charge in [-0.05, 0) is 13.8 Å². The van der Waals surface area contributed by atoms with E-state index in [9.17, 15) is 9.90 Å². The lowest BCUT2D eigenvalue weighted by Crippen LogP contribution is -3.11. The fourth-order valence-corrected chi connectivity index (χ4v) is 3.85. The van der Waals surface area contributed by atoms with Crippen molar-refractivity contribution in [1.29, 1.82) is 0 Å². The zero-order chi connectivity index (χ0) is 20.5. The molecule has 0 aliphatic carbocycles. The van der Waals surface area contributed by atoms with Crippen molar-refractivity contribution in [3.63, 3.8) is 0 Å². The molecule has 7 nitrogen and oxygen atoms in total. The predicted molar refractivity (Wildman–Crippen MR) is 112 cm³/mol. The Bertz CT molecular complexity index is 1090. The highest BCUT2D eigenvalue weighted by Crippen LogP contribution is 2.40. The summed E-state index contributed by atoms with van der Waals surface area (Å²) in [5.41, 5.74) is 1.38. The standard InChI is InChI=1S/C22H25N3O4/c1-4-28-22(27)18-14(2)29-21-16-8-6-5-7-15(16)20(26)17(19(18)21)13-23-25-11-9-24(3)10-12-25/h5-8,13,26H,4,9-12H2,1-3H3/p+1. The molecule has 2 heterocycles. The van der Waals surface area contributed by atoms with E-state index in [2.05, 4.69) is 12.1 Å². The number of aromatic hydroxyl groups is 1. The van der Waals surface area contributed by atoms with Crippen molar-refractivity contribution >= 4 is 33.9 Å². The van der Waals surface area contributed by atoms with Crippen LogP contribution in [0.3, 0.4) is 0 Å². The van der Waals surface area contributed by atoms with E-state index in [4.69, 9.17) is 9.15 Å². The van der Waals surface area contributed by atoms with Gasteiger partial charge >= 0.3 is 5.97 Å². The van der Waals surface area contributed by atoms with Crippen LogP contribution in [0.15, 0.2) is 33.8 Å². The van der Waals surface area contributed by atoms with Crippen LogP contribution in [0.4, 0.5) is 0 Å². The monoisotopic (exact) mass is 396 g/mol. The Labute approximate surface area is 169 Å². The van der Waals surface area contributed by atoms with Gasteiger partial charge in [0.25, 0.3) is 0 Å². The molecule has 7 heteroatoms. The van der Waals surface area contributed by atoms with E-state index >= 15 is 0 Å².